The molecule has 0 radical (unpaired) electrons. The summed E-state index contributed by atoms with van der Waals surface area (Å²) < 4.78 is 7.26. The second kappa shape index (κ2) is 9.13. The fraction of sp³-hybridized carbons (Fsp3) is 0.231. The maximum absolute atomic E-state index is 13.0. The van der Waals surface area contributed by atoms with Crippen LogP contribution in [0.25, 0.3) is 6.08 Å². The zero-order valence-corrected chi connectivity index (χ0v) is 18.8. The van der Waals surface area contributed by atoms with E-state index < -0.39 is 11.6 Å². The molecule has 33 heavy (non-hydrogen) atoms. The van der Waals surface area contributed by atoms with E-state index in [4.69, 9.17) is 4.74 Å². The van der Waals surface area contributed by atoms with Gasteiger partial charge >= 0.3 is 5.97 Å². The number of imidazole rings is 1. The summed E-state index contributed by atoms with van der Waals surface area (Å²) in [5.41, 5.74) is 2.85. The maximum atomic E-state index is 13.0. The molecule has 1 amide bonds. The van der Waals surface area contributed by atoms with Crippen LogP contribution in [0.15, 0.2) is 61.4 Å². The smallest absolute Gasteiger partial charge is 0.338 e. The van der Waals surface area contributed by atoms with Gasteiger partial charge in [-0.2, -0.15) is 0 Å². The van der Waals surface area contributed by atoms with E-state index in [-0.39, 0.29) is 5.91 Å². The van der Waals surface area contributed by atoms with Crippen LogP contribution in [0.2, 0.25) is 0 Å². The van der Waals surface area contributed by atoms with E-state index in [1.807, 2.05) is 43.7 Å². The first-order valence-corrected chi connectivity index (χ1v) is 10.5. The number of rotatable bonds is 3. The predicted octanol–water partition coefficient (Wildman–Crippen LogP) is 3.91. The molecule has 0 fully saturated rings. The molecule has 1 aliphatic heterocycles. The Hall–Kier alpha value is -4.18. The molecule has 3 aromatic rings. The zero-order chi connectivity index (χ0) is 23.4. The van der Waals surface area contributed by atoms with Crippen LogP contribution in [0.4, 0.5) is 0 Å². The van der Waals surface area contributed by atoms with Crippen molar-refractivity contribution in [1.29, 1.82) is 0 Å². The number of nitrogens with zero attached hydrogens (tertiary/aromatic N) is 4. The Morgan fingerprint density at radius 2 is 1.91 bits per heavy atom. The van der Waals surface area contributed by atoms with Crippen LogP contribution >= 0.6 is 0 Å². The highest BCUT2D eigenvalue weighted by atomic mass is 16.6. The first-order valence-electron chi connectivity index (χ1n) is 10.5. The third-order valence-corrected chi connectivity index (χ3v) is 4.84. The molecule has 0 N–H and O–H groups in total. The van der Waals surface area contributed by atoms with Crippen molar-refractivity contribution in [3.8, 4) is 11.8 Å². The topological polar surface area (TPSA) is 77.3 Å². The van der Waals surface area contributed by atoms with Gasteiger partial charge in [-0.15, -0.1) is 0 Å². The van der Waals surface area contributed by atoms with Gasteiger partial charge in [0, 0.05) is 35.9 Å². The van der Waals surface area contributed by atoms with Gasteiger partial charge in [0.1, 0.15) is 5.60 Å². The van der Waals surface area contributed by atoms with Crippen molar-refractivity contribution in [3.63, 3.8) is 0 Å². The summed E-state index contributed by atoms with van der Waals surface area (Å²) in [4.78, 5) is 35.3. The average Bonchev–Trinajstić information content (AvgIpc) is 3.30. The number of hydrogen-bond acceptors (Lipinski definition) is 5. The van der Waals surface area contributed by atoms with Crippen molar-refractivity contribution >= 4 is 18.0 Å². The first kappa shape index (κ1) is 22.0. The molecule has 1 aliphatic rings. The molecule has 0 spiro atoms. The molecule has 4 rings (SSSR count). The van der Waals surface area contributed by atoms with Crippen LogP contribution in [0.5, 0.6) is 0 Å². The van der Waals surface area contributed by atoms with Gasteiger partial charge in [-0.1, -0.05) is 11.8 Å². The molecule has 3 heterocycles. The summed E-state index contributed by atoms with van der Waals surface area (Å²) in [7, 11) is 0. The molecule has 0 saturated heterocycles. The standard InChI is InChI=1S/C26H24N4O3/c1-26(2,3)33-25(32)21-8-6-20(7-9-21)24(31)30-13-10-23-22(17-30)15-19(16-28-23)5-4-12-29-14-11-27-18-29/h6-11,13-16,18H,12,17H2,1-3H3. The summed E-state index contributed by atoms with van der Waals surface area (Å²) >= 11 is 0. The quantitative estimate of drug-likeness (QED) is 0.456. The van der Waals surface area contributed by atoms with Crippen molar-refractivity contribution < 1.29 is 14.3 Å². The number of esters is 1. The molecule has 0 unspecified atom stereocenters. The van der Waals surface area contributed by atoms with Crippen molar-refractivity contribution in [1.82, 2.24) is 19.4 Å². The minimum absolute atomic E-state index is 0.163. The summed E-state index contributed by atoms with van der Waals surface area (Å²) in [6, 6.07) is 8.46. The molecule has 166 valence electrons. The number of benzene rings is 1. The number of hydrogen-bond donors (Lipinski definition) is 0. The highest BCUT2D eigenvalue weighted by molar-refractivity contribution is 5.97. The number of amides is 1. The number of ether oxygens (including phenoxy) is 1. The summed E-state index contributed by atoms with van der Waals surface area (Å²) in [5.74, 6) is 5.63. The SMILES string of the molecule is CC(C)(C)OC(=O)c1ccc(C(=O)N2C=Cc3ncc(C#CCn4ccnc4)cc3C2)cc1. The van der Waals surface area contributed by atoms with Crippen LogP contribution in [-0.4, -0.2) is 36.9 Å². The highest BCUT2D eigenvalue weighted by Crippen LogP contribution is 2.21. The van der Waals surface area contributed by atoms with Crippen molar-refractivity contribution in [2.24, 2.45) is 0 Å². The van der Waals surface area contributed by atoms with E-state index in [1.54, 1.807) is 54.1 Å². The minimum Gasteiger partial charge on any atom is -0.456 e. The van der Waals surface area contributed by atoms with Gasteiger partial charge in [-0.05, 0) is 62.7 Å². The molecule has 7 heteroatoms. The Morgan fingerprint density at radius 3 is 2.61 bits per heavy atom. The van der Waals surface area contributed by atoms with Crippen LogP contribution in [0.3, 0.4) is 0 Å². The third-order valence-electron chi connectivity index (χ3n) is 4.84. The first-order chi connectivity index (χ1) is 15.8. The van der Waals surface area contributed by atoms with Gasteiger partial charge in [0.25, 0.3) is 5.91 Å². The van der Waals surface area contributed by atoms with Crippen molar-refractivity contribution in [3.05, 3.63) is 89.4 Å². The van der Waals surface area contributed by atoms with Gasteiger partial charge in [0.05, 0.1) is 30.7 Å². The molecule has 0 bridgehead atoms. The summed E-state index contributed by atoms with van der Waals surface area (Å²) in [5, 5.41) is 0. The zero-order valence-electron chi connectivity index (χ0n) is 18.8. The fourth-order valence-corrected chi connectivity index (χ4v) is 3.27. The van der Waals surface area contributed by atoms with Crippen LogP contribution in [0.1, 0.15) is 58.3 Å². The van der Waals surface area contributed by atoms with E-state index in [1.165, 1.54) is 0 Å². The molecule has 7 nitrogen and oxygen atoms in total. The lowest BCUT2D eigenvalue weighted by atomic mass is 10.1. The lowest BCUT2D eigenvalue weighted by molar-refractivity contribution is 0.00692. The molecular formula is C26H24N4O3. The van der Waals surface area contributed by atoms with Gasteiger partial charge < -0.3 is 14.2 Å². The largest absolute Gasteiger partial charge is 0.456 e. The van der Waals surface area contributed by atoms with E-state index in [9.17, 15) is 9.59 Å². The Bertz CT molecular complexity index is 1260. The molecule has 0 aliphatic carbocycles. The molecular weight excluding hydrogens is 416 g/mol. The molecule has 2 aromatic heterocycles. The van der Waals surface area contributed by atoms with Crippen LogP contribution in [-0.2, 0) is 17.8 Å². The van der Waals surface area contributed by atoms with Gasteiger partial charge in [0.15, 0.2) is 0 Å². The highest BCUT2D eigenvalue weighted by Gasteiger charge is 2.21. The van der Waals surface area contributed by atoms with Gasteiger partial charge in [-0.25, -0.2) is 9.78 Å². The maximum Gasteiger partial charge on any atom is 0.338 e. The lowest BCUT2D eigenvalue weighted by Gasteiger charge is -2.23. The molecule has 0 atom stereocenters. The Kier molecular flexibility index (Phi) is 6.09. The van der Waals surface area contributed by atoms with E-state index in [0.29, 0.717) is 24.2 Å². The van der Waals surface area contributed by atoms with Gasteiger partial charge in [-0.3, -0.25) is 9.78 Å². The number of carbonyl (C=O) groups excluding carboxylic acids is 2. The van der Waals surface area contributed by atoms with Crippen LogP contribution in [0, 0.1) is 11.8 Å². The summed E-state index contributed by atoms with van der Waals surface area (Å²) in [6.45, 7) is 6.38. The molecule has 0 saturated carbocycles. The van der Waals surface area contributed by atoms with Gasteiger partial charge in [0.2, 0.25) is 0 Å². The average molecular weight is 441 g/mol. The second-order valence-corrected chi connectivity index (χ2v) is 8.63. The predicted molar refractivity (Wildman–Crippen MR) is 124 cm³/mol. The number of fused-ring (bicyclic) bond motifs is 1. The Morgan fingerprint density at radius 1 is 1.15 bits per heavy atom. The van der Waals surface area contributed by atoms with Crippen LogP contribution < -0.4 is 0 Å². The van der Waals surface area contributed by atoms with Crippen molar-refractivity contribution in [2.75, 3.05) is 0 Å². The number of carbonyl (C=O) groups is 2. The Labute approximate surface area is 192 Å². The molecule has 1 aromatic carbocycles. The van der Waals surface area contributed by atoms with E-state index in [0.717, 1.165) is 16.8 Å². The van der Waals surface area contributed by atoms with Crippen molar-refractivity contribution in [2.45, 2.75) is 39.5 Å². The number of pyridine rings is 1. The Balaban J connectivity index is 1.44. The van der Waals surface area contributed by atoms with E-state index >= 15 is 0 Å². The minimum atomic E-state index is -0.575. The second-order valence-electron chi connectivity index (χ2n) is 8.63. The lowest BCUT2D eigenvalue weighted by Crippen LogP contribution is -2.28. The number of aromatic nitrogens is 3. The fourth-order valence-electron chi connectivity index (χ4n) is 3.27. The third kappa shape index (κ3) is 5.55. The normalized spacial score (nSPS) is 12.5. The summed E-state index contributed by atoms with van der Waals surface area (Å²) in [6.07, 6.45) is 10.6. The van der Waals surface area contributed by atoms with E-state index in [2.05, 4.69) is 21.8 Å². The monoisotopic (exact) mass is 440 g/mol.